The smallest absolute Gasteiger partial charge is 0.201 e. The first-order valence-electron chi connectivity index (χ1n) is 5.08. The number of imidazole rings is 2. The highest BCUT2D eigenvalue weighted by Gasteiger charge is 2.13. The van der Waals surface area contributed by atoms with E-state index in [0.29, 0.717) is 5.95 Å². The molecule has 0 saturated heterocycles. The summed E-state index contributed by atoms with van der Waals surface area (Å²) in [5.74, 6) is 0.483. The second kappa shape index (κ2) is 3.59. The monoisotopic (exact) mass is 291 g/mol. The zero-order valence-corrected chi connectivity index (χ0v) is 10.7. The third kappa shape index (κ3) is 1.52. The van der Waals surface area contributed by atoms with Crippen LogP contribution in [0.4, 0.5) is 5.95 Å². The van der Waals surface area contributed by atoms with E-state index < -0.39 is 0 Å². The van der Waals surface area contributed by atoms with E-state index in [2.05, 4.69) is 30.9 Å². The molecular formula is C11H10BrN5. The van der Waals surface area contributed by atoms with Crippen LogP contribution in [0.25, 0.3) is 22.3 Å². The molecule has 0 atom stereocenters. The first-order valence-corrected chi connectivity index (χ1v) is 5.87. The van der Waals surface area contributed by atoms with E-state index in [0.717, 1.165) is 26.9 Å². The van der Waals surface area contributed by atoms with Crippen molar-refractivity contribution in [1.29, 1.82) is 0 Å². The van der Waals surface area contributed by atoms with Gasteiger partial charge in [-0.3, -0.25) is 0 Å². The van der Waals surface area contributed by atoms with Gasteiger partial charge in [0, 0.05) is 12.6 Å². The number of H-pyrrole nitrogens is 1. The highest BCUT2D eigenvalue weighted by atomic mass is 79.9. The van der Waals surface area contributed by atoms with Crippen LogP contribution in [0, 0.1) is 0 Å². The molecule has 0 spiro atoms. The molecule has 2 aromatic heterocycles. The van der Waals surface area contributed by atoms with Crippen LogP contribution in [0.1, 0.15) is 0 Å². The van der Waals surface area contributed by atoms with Gasteiger partial charge in [0.25, 0.3) is 0 Å². The summed E-state index contributed by atoms with van der Waals surface area (Å²) in [6, 6.07) is 6.00. The summed E-state index contributed by atoms with van der Waals surface area (Å²) in [6.45, 7) is 0. The summed E-state index contributed by atoms with van der Waals surface area (Å²) in [4.78, 5) is 11.5. The lowest BCUT2D eigenvalue weighted by Gasteiger charge is -2.04. The third-order valence-corrected chi connectivity index (χ3v) is 3.33. The molecule has 0 amide bonds. The first-order chi connectivity index (χ1) is 8.16. The number of hydrogen-bond acceptors (Lipinski definition) is 3. The molecule has 3 rings (SSSR count). The Hall–Kier alpha value is -1.82. The fourth-order valence-electron chi connectivity index (χ4n) is 1.88. The normalized spacial score (nSPS) is 11.2. The lowest BCUT2D eigenvalue weighted by Crippen LogP contribution is -1.98. The summed E-state index contributed by atoms with van der Waals surface area (Å²) < 4.78 is 2.60. The van der Waals surface area contributed by atoms with E-state index in [-0.39, 0.29) is 0 Å². The lowest BCUT2D eigenvalue weighted by molar-refractivity contribution is 0.938. The van der Waals surface area contributed by atoms with Crippen LogP contribution >= 0.6 is 15.9 Å². The molecule has 0 saturated carbocycles. The van der Waals surface area contributed by atoms with Crippen molar-refractivity contribution in [3.05, 3.63) is 29.1 Å². The number of nitrogen functional groups attached to an aromatic ring is 1. The number of aromatic amines is 1. The van der Waals surface area contributed by atoms with E-state index >= 15 is 0 Å². The van der Waals surface area contributed by atoms with Crippen molar-refractivity contribution in [3.63, 3.8) is 0 Å². The van der Waals surface area contributed by atoms with Crippen molar-refractivity contribution in [2.24, 2.45) is 7.05 Å². The van der Waals surface area contributed by atoms with Crippen molar-refractivity contribution in [1.82, 2.24) is 19.5 Å². The minimum Gasteiger partial charge on any atom is -0.369 e. The van der Waals surface area contributed by atoms with Crippen molar-refractivity contribution in [3.8, 4) is 11.3 Å². The van der Waals surface area contributed by atoms with E-state index in [4.69, 9.17) is 5.73 Å². The van der Waals surface area contributed by atoms with E-state index in [9.17, 15) is 0 Å². The molecule has 3 N–H and O–H groups in total. The Labute approximate surface area is 106 Å². The Kier molecular flexibility index (Phi) is 2.19. The van der Waals surface area contributed by atoms with Crippen molar-refractivity contribution < 1.29 is 0 Å². The Balaban J connectivity index is 2.26. The molecule has 0 bridgehead atoms. The average Bonchev–Trinajstić information content (AvgIpc) is 2.84. The summed E-state index contributed by atoms with van der Waals surface area (Å²) in [5, 5.41) is 0. The molecule has 86 valence electrons. The van der Waals surface area contributed by atoms with Gasteiger partial charge in [-0.2, -0.15) is 0 Å². The Morgan fingerprint density at radius 3 is 2.94 bits per heavy atom. The van der Waals surface area contributed by atoms with Crippen LogP contribution in [0.15, 0.2) is 29.1 Å². The van der Waals surface area contributed by atoms with E-state index in [1.807, 2.05) is 29.8 Å². The summed E-state index contributed by atoms with van der Waals surface area (Å²) in [6.07, 6.45) is 1.68. The van der Waals surface area contributed by atoms with Crippen LogP contribution in [-0.2, 0) is 7.05 Å². The molecule has 6 heteroatoms. The fourth-order valence-corrected chi connectivity index (χ4v) is 2.55. The van der Waals surface area contributed by atoms with Gasteiger partial charge in [0.1, 0.15) is 4.60 Å². The van der Waals surface area contributed by atoms with Crippen molar-refractivity contribution >= 4 is 32.9 Å². The van der Waals surface area contributed by atoms with Crippen LogP contribution in [0.5, 0.6) is 0 Å². The van der Waals surface area contributed by atoms with Crippen LogP contribution in [-0.4, -0.2) is 19.5 Å². The summed E-state index contributed by atoms with van der Waals surface area (Å²) >= 11 is 3.42. The molecule has 0 radical (unpaired) electrons. The molecule has 0 fully saturated rings. The molecule has 17 heavy (non-hydrogen) atoms. The minimum atomic E-state index is 0.483. The number of halogens is 1. The maximum Gasteiger partial charge on any atom is 0.201 e. The highest BCUT2D eigenvalue weighted by Crippen LogP contribution is 2.30. The molecular weight excluding hydrogens is 282 g/mol. The second-order valence-corrected chi connectivity index (χ2v) is 4.55. The van der Waals surface area contributed by atoms with Gasteiger partial charge < -0.3 is 15.3 Å². The second-order valence-electron chi connectivity index (χ2n) is 3.80. The van der Waals surface area contributed by atoms with Gasteiger partial charge in [-0.1, -0.05) is 6.07 Å². The number of fused-ring (bicyclic) bond motifs is 1. The van der Waals surface area contributed by atoms with Gasteiger partial charge in [-0.25, -0.2) is 9.97 Å². The van der Waals surface area contributed by atoms with E-state index in [1.54, 1.807) is 6.33 Å². The molecule has 5 nitrogen and oxygen atoms in total. The maximum atomic E-state index is 5.77. The number of nitrogens with two attached hydrogens (primary N) is 1. The molecule has 2 heterocycles. The quantitative estimate of drug-likeness (QED) is 0.723. The lowest BCUT2D eigenvalue weighted by atomic mass is 10.1. The summed E-state index contributed by atoms with van der Waals surface area (Å²) in [7, 11) is 1.89. The van der Waals surface area contributed by atoms with Gasteiger partial charge in [-0.05, 0) is 28.1 Å². The standard InChI is InChI=1S/C11H10BrN5/c1-17-9(10(12)16-11(17)13)6-2-3-7-8(4-6)15-5-14-7/h2-5H,1H3,(H2,13,16)(H,14,15). The predicted molar refractivity (Wildman–Crippen MR) is 70.4 cm³/mol. The third-order valence-electron chi connectivity index (χ3n) is 2.78. The van der Waals surface area contributed by atoms with Crippen molar-refractivity contribution in [2.75, 3.05) is 5.73 Å². The molecule has 0 aliphatic heterocycles. The van der Waals surface area contributed by atoms with Crippen LogP contribution < -0.4 is 5.73 Å². The molecule has 0 unspecified atom stereocenters. The number of anilines is 1. The van der Waals surface area contributed by atoms with Gasteiger partial charge >= 0.3 is 0 Å². The van der Waals surface area contributed by atoms with Crippen LogP contribution in [0.2, 0.25) is 0 Å². The zero-order chi connectivity index (χ0) is 12.0. The number of nitrogens with zero attached hydrogens (tertiary/aromatic N) is 3. The largest absolute Gasteiger partial charge is 0.369 e. The predicted octanol–water partition coefficient (Wildman–Crippen LogP) is 2.31. The van der Waals surface area contributed by atoms with E-state index in [1.165, 1.54) is 0 Å². The Morgan fingerprint density at radius 1 is 1.41 bits per heavy atom. The Bertz CT molecular complexity index is 697. The number of hydrogen-bond donors (Lipinski definition) is 2. The SMILES string of the molecule is Cn1c(N)nc(Br)c1-c1ccc2nc[nH]c2c1. The number of benzene rings is 1. The number of nitrogens with one attached hydrogen (secondary N) is 1. The molecule has 1 aromatic carbocycles. The van der Waals surface area contributed by atoms with Gasteiger partial charge in [0.05, 0.1) is 23.1 Å². The summed E-state index contributed by atoms with van der Waals surface area (Å²) in [5.41, 5.74) is 9.71. The minimum absolute atomic E-state index is 0.483. The first kappa shape index (κ1) is 10.3. The average molecular weight is 292 g/mol. The zero-order valence-electron chi connectivity index (χ0n) is 9.11. The van der Waals surface area contributed by atoms with Gasteiger partial charge in [0.15, 0.2) is 0 Å². The fraction of sp³-hybridized carbons (Fsp3) is 0.0909. The number of rotatable bonds is 1. The van der Waals surface area contributed by atoms with Crippen molar-refractivity contribution in [2.45, 2.75) is 0 Å². The van der Waals surface area contributed by atoms with Gasteiger partial charge in [0.2, 0.25) is 5.95 Å². The number of aromatic nitrogens is 4. The van der Waals surface area contributed by atoms with Crippen LogP contribution in [0.3, 0.4) is 0 Å². The molecule has 0 aliphatic rings. The topological polar surface area (TPSA) is 72.5 Å². The van der Waals surface area contributed by atoms with Gasteiger partial charge in [-0.15, -0.1) is 0 Å². The Morgan fingerprint density at radius 2 is 2.24 bits per heavy atom. The molecule has 0 aliphatic carbocycles. The maximum absolute atomic E-state index is 5.77. The highest BCUT2D eigenvalue weighted by molar-refractivity contribution is 9.10. The molecule has 3 aromatic rings.